The van der Waals surface area contributed by atoms with Crippen molar-refractivity contribution >= 4 is 54.8 Å². The Bertz CT molecular complexity index is 943. The maximum atomic E-state index is 12.4. The molecule has 1 saturated heterocycles. The summed E-state index contributed by atoms with van der Waals surface area (Å²) in [4.78, 5) is 14.5. The van der Waals surface area contributed by atoms with Crippen molar-refractivity contribution in [2.75, 3.05) is 42.7 Å². The van der Waals surface area contributed by atoms with E-state index in [4.69, 9.17) is 11.6 Å². The quantitative estimate of drug-likeness (QED) is 0.740. The van der Waals surface area contributed by atoms with Crippen LogP contribution in [0.15, 0.2) is 46.9 Å². The number of halogens is 2. The van der Waals surface area contributed by atoms with Crippen LogP contribution in [-0.4, -0.2) is 51.1 Å². The number of rotatable bonds is 4. The number of sulfonamides is 1. The molecule has 1 heterocycles. The first-order chi connectivity index (χ1) is 12.7. The summed E-state index contributed by atoms with van der Waals surface area (Å²) in [7, 11) is -3.14. The van der Waals surface area contributed by atoms with Crippen LogP contribution in [0.1, 0.15) is 10.4 Å². The highest BCUT2D eigenvalue weighted by molar-refractivity contribution is 9.10. The minimum atomic E-state index is -3.14. The first kappa shape index (κ1) is 20.1. The smallest absolute Gasteiger partial charge is 0.257 e. The fourth-order valence-corrected chi connectivity index (χ4v) is 4.29. The van der Waals surface area contributed by atoms with Crippen molar-refractivity contribution in [2.24, 2.45) is 0 Å². The van der Waals surface area contributed by atoms with Gasteiger partial charge in [-0.3, -0.25) is 4.79 Å². The second-order valence-electron chi connectivity index (χ2n) is 6.27. The fourth-order valence-electron chi connectivity index (χ4n) is 2.90. The first-order valence-electron chi connectivity index (χ1n) is 8.30. The molecule has 1 amide bonds. The highest BCUT2D eigenvalue weighted by atomic mass is 79.9. The van der Waals surface area contributed by atoms with E-state index in [1.165, 1.54) is 10.6 Å². The molecule has 2 aromatic carbocycles. The maximum Gasteiger partial charge on any atom is 0.257 e. The lowest BCUT2D eigenvalue weighted by molar-refractivity contribution is 0.102. The van der Waals surface area contributed by atoms with E-state index >= 15 is 0 Å². The number of hydrogen-bond acceptors (Lipinski definition) is 4. The zero-order valence-corrected chi connectivity index (χ0v) is 17.8. The normalized spacial score (nSPS) is 15.6. The molecule has 0 bridgehead atoms. The van der Waals surface area contributed by atoms with Crippen molar-refractivity contribution in [1.82, 2.24) is 4.31 Å². The topological polar surface area (TPSA) is 69.7 Å². The molecule has 0 aromatic heterocycles. The van der Waals surface area contributed by atoms with Gasteiger partial charge in [0.05, 0.1) is 16.8 Å². The van der Waals surface area contributed by atoms with Gasteiger partial charge in [0.2, 0.25) is 10.0 Å². The highest BCUT2D eigenvalue weighted by Gasteiger charge is 2.23. The molecule has 1 fully saturated rings. The Kier molecular flexibility index (Phi) is 6.10. The average molecular weight is 473 g/mol. The monoisotopic (exact) mass is 471 g/mol. The summed E-state index contributed by atoms with van der Waals surface area (Å²) >= 11 is 9.43. The van der Waals surface area contributed by atoms with Gasteiger partial charge in [-0.25, -0.2) is 8.42 Å². The van der Waals surface area contributed by atoms with Gasteiger partial charge in [0.1, 0.15) is 0 Å². The number of nitrogens with zero attached hydrogens (tertiary/aromatic N) is 2. The van der Waals surface area contributed by atoms with Crippen LogP contribution in [0.4, 0.5) is 11.4 Å². The van der Waals surface area contributed by atoms with Crippen LogP contribution in [0.5, 0.6) is 0 Å². The molecule has 3 rings (SSSR count). The molecule has 0 aliphatic carbocycles. The molecule has 0 unspecified atom stereocenters. The van der Waals surface area contributed by atoms with E-state index in [1.807, 2.05) is 24.3 Å². The molecule has 0 spiro atoms. The molecule has 0 radical (unpaired) electrons. The number of piperazine rings is 1. The molecule has 2 aromatic rings. The standard InChI is InChI=1S/C18H19BrClN3O3S/c1-27(25,26)23-10-8-22(9-11-23)15-5-3-14(4-6-15)21-18(24)16-12-13(19)2-7-17(16)20/h2-7,12H,8-11H2,1H3,(H,21,24). The van der Waals surface area contributed by atoms with Crippen LogP contribution in [0.25, 0.3) is 0 Å². The second kappa shape index (κ2) is 8.18. The van der Waals surface area contributed by atoms with Gasteiger partial charge < -0.3 is 10.2 Å². The van der Waals surface area contributed by atoms with Gasteiger partial charge in [-0.15, -0.1) is 0 Å². The molecule has 27 heavy (non-hydrogen) atoms. The summed E-state index contributed by atoms with van der Waals surface area (Å²) in [6.07, 6.45) is 1.23. The van der Waals surface area contributed by atoms with Gasteiger partial charge in [0, 0.05) is 42.0 Å². The maximum absolute atomic E-state index is 12.4. The second-order valence-corrected chi connectivity index (χ2v) is 9.58. The van der Waals surface area contributed by atoms with E-state index in [0.717, 1.165) is 10.2 Å². The van der Waals surface area contributed by atoms with Crippen LogP contribution >= 0.6 is 27.5 Å². The van der Waals surface area contributed by atoms with E-state index in [9.17, 15) is 13.2 Å². The molecule has 1 N–H and O–H groups in total. The van der Waals surface area contributed by atoms with E-state index in [0.29, 0.717) is 42.5 Å². The minimum Gasteiger partial charge on any atom is -0.369 e. The van der Waals surface area contributed by atoms with Gasteiger partial charge in [-0.1, -0.05) is 27.5 Å². The predicted octanol–water partition coefficient (Wildman–Crippen LogP) is 3.44. The zero-order valence-electron chi connectivity index (χ0n) is 14.7. The summed E-state index contributed by atoms with van der Waals surface area (Å²) in [6.45, 7) is 2.20. The largest absolute Gasteiger partial charge is 0.369 e. The number of hydrogen-bond donors (Lipinski definition) is 1. The van der Waals surface area contributed by atoms with E-state index in [2.05, 4.69) is 26.1 Å². The van der Waals surface area contributed by atoms with E-state index in [-0.39, 0.29) is 5.91 Å². The molecule has 144 valence electrons. The van der Waals surface area contributed by atoms with Crippen molar-refractivity contribution in [3.63, 3.8) is 0 Å². The fraction of sp³-hybridized carbons (Fsp3) is 0.278. The number of benzene rings is 2. The number of amides is 1. The Balaban J connectivity index is 1.64. The van der Waals surface area contributed by atoms with Crippen LogP contribution in [0.3, 0.4) is 0 Å². The van der Waals surface area contributed by atoms with Crippen LogP contribution < -0.4 is 10.2 Å². The summed E-state index contributed by atoms with van der Waals surface area (Å²) in [6, 6.07) is 12.6. The Labute approximate surface area is 172 Å². The Morgan fingerprint density at radius 2 is 1.70 bits per heavy atom. The summed E-state index contributed by atoms with van der Waals surface area (Å²) < 4.78 is 25.5. The molecular formula is C18H19BrClN3O3S. The third-order valence-electron chi connectivity index (χ3n) is 4.37. The van der Waals surface area contributed by atoms with Gasteiger partial charge in [0.15, 0.2) is 0 Å². The van der Waals surface area contributed by atoms with Crippen molar-refractivity contribution in [3.05, 3.63) is 57.5 Å². The summed E-state index contributed by atoms with van der Waals surface area (Å²) in [5, 5.41) is 3.22. The van der Waals surface area contributed by atoms with Gasteiger partial charge in [0.25, 0.3) is 5.91 Å². The van der Waals surface area contributed by atoms with Crippen molar-refractivity contribution in [3.8, 4) is 0 Å². The Hall–Kier alpha value is -1.61. The van der Waals surface area contributed by atoms with Crippen molar-refractivity contribution < 1.29 is 13.2 Å². The third-order valence-corrected chi connectivity index (χ3v) is 6.50. The van der Waals surface area contributed by atoms with E-state index < -0.39 is 10.0 Å². The molecule has 1 aliphatic heterocycles. The van der Waals surface area contributed by atoms with E-state index in [1.54, 1.807) is 18.2 Å². The molecule has 9 heteroatoms. The molecule has 1 aliphatic rings. The molecule has 0 saturated carbocycles. The summed E-state index contributed by atoms with van der Waals surface area (Å²) in [5.41, 5.74) is 2.04. The Morgan fingerprint density at radius 1 is 1.07 bits per heavy atom. The zero-order chi connectivity index (χ0) is 19.6. The first-order valence-corrected chi connectivity index (χ1v) is 11.3. The third kappa shape index (κ3) is 5.01. The number of nitrogens with one attached hydrogen (secondary N) is 1. The molecular weight excluding hydrogens is 454 g/mol. The number of carbonyl (C=O) groups excluding carboxylic acids is 1. The highest BCUT2D eigenvalue weighted by Crippen LogP contribution is 2.24. The molecule has 6 nitrogen and oxygen atoms in total. The van der Waals surface area contributed by atoms with Crippen LogP contribution in [0.2, 0.25) is 5.02 Å². The number of anilines is 2. The minimum absolute atomic E-state index is 0.282. The lowest BCUT2D eigenvalue weighted by atomic mass is 10.2. The number of carbonyl (C=O) groups is 1. The average Bonchev–Trinajstić information content (AvgIpc) is 2.63. The van der Waals surface area contributed by atoms with Crippen LogP contribution in [-0.2, 0) is 10.0 Å². The predicted molar refractivity (Wildman–Crippen MR) is 112 cm³/mol. The summed E-state index contributed by atoms with van der Waals surface area (Å²) in [5.74, 6) is -0.282. The van der Waals surface area contributed by atoms with Gasteiger partial charge >= 0.3 is 0 Å². The lowest BCUT2D eigenvalue weighted by Crippen LogP contribution is -2.48. The van der Waals surface area contributed by atoms with Crippen molar-refractivity contribution in [2.45, 2.75) is 0 Å². The van der Waals surface area contributed by atoms with Crippen LogP contribution in [0, 0.1) is 0 Å². The van der Waals surface area contributed by atoms with Crippen molar-refractivity contribution in [1.29, 1.82) is 0 Å². The van der Waals surface area contributed by atoms with Gasteiger partial charge in [-0.05, 0) is 42.5 Å². The lowest BCUT2D eigenvalue weighted by Gasteiger charge is -2.34. The van der Waals surface area contributed by atoms with Gasteiger partial charge in [-0.2, -0.15) is 4.31 Å². The SMILES string of the molecule is CS(=O)(=O)N1CCN(c2ccc(NC(=O)c3cc(Br)ccc3Cl)cc2)CC1. The molecule has 0 atom stereocenters. The Morgan fingerprint density at radius 3 is 2.30 bits per heavy atom.